The number of hydrogen-bond donors (Lipinski definition) is 1. The number of fused-ring (bicyclic) bond motifs is 1. The lowest BCUT2D eigenvalue weighted by molar-refractivity contribution is -0.188. The molecule has 1 spiro atoms. The Morgan fingerprint density at radius 1 is 1.26 bits per heavy atom. The first-order valence-electron chi connectivity index (χ1n) is 9.39. The summed E-state index contributed by atoms with van der Waals surface area (Å²) in [6.07, 6.45) is 5.02. The third-order valence-corrected chi connectivity index (χ3v) is 5.55. The number of benzene rings is 1. The van der Waals surface area contributed by atoms with Gasteiger partial charge in [-0.3, -0.25) is 4.90 Å². The number of nitrogens with one attached hydrogen (secondary N) is 1. The van der Waals surface area contributed by atoms with E-state index in [0.29, 0.717) is 6.61 Å². The van der Waals surface area contributed by atoms with Crippen LogP contribution >= 0.6 is 0 Å². The van der Waals surface area contributed by atoms with Crippen LogP contribution in [0.5, 0.6) is 5.88 Å². The minimum absolute atomic E-state index is 0.0570. The SMILES string of the molecule is Fc1cccnc1O[C@@H]1CCOC2(C1)CN(Cc1cccc3[nH]ccc13)C2. The number of aromatic amines is 1. The molecule has 6 heteroatoms. The molecule has 2 fully saturated rings. The molecule has 5 rings (SSSR count). The molecule has 1 aromatic carbocycles. The molecule has 5 nitrogen and oxygen atoms in total. The smallest absolute Gasteiger partial charge is 0.250 e. The number of H-pyrrole nitrogens is 1. The van der Waals surface area contributed by atoms with Crippen molar-refractivity contribution in [3.63, 3.8) is 0 Å². The molecule has 0 aliphatic carbocycles. The largest absolute Gasteiger partial charge is 0.472 e. The second-order valence-electron chi connectivity index (χ2n) is 7.56. The molecule has 2 aromatic heterocycles. The Morgan fingerprint density at radius 3 is 3.07 bits per heavy atom. The van der Waals surface area contributed by atoms with Crippen LogP contribution in [0.1, 0.15) is 18.4 Å². The van der Waals surface area contributed by atoms with E-state index < -0.39 is 5.82 Å². The average molecular weight is 367 g/mol. The van der Waals surface area contributed by atoms with Crippen LogP contribution in [-0.2, 0) is 11.3 Å². The molecule has 0 bridgehead atoms. The lowest BCUT2D eigenvalue weighted by atomic mass is 9.84. The van der Waals surface area contributed by atoms with E-state index in [9.17, 15) is 4.39 Å². The van der Waals surface area contributed by atoms with E-state index in [2.05, 4.69) is 39.1 Å². The van der Waals surface area contributed by atoms with Gasteiger partial charge in [-0.1, -0.05) is 12.1 Å². The van der Waals surface area contributed by atoms with Crippen LogP contribution in [0.2, 0.25) is 0 Å². The molecule has 2 aliphatic rings. The van der Waals surface area contributed by atoms with Gasteiger partial charge in [0.2, 0.25) is 0 Å². The summed E-state index contributed by atoms with van der Waals surface area (Å²) in [7, 11) is 0. The normalized spacial score (nSPS) is 22.0. The maximum atomic E-state index is 13.8. The minimum Gasteiger partial charge on any atom is -0.472 e. The van der Waals surface area contributed by atoms with Crippen LogP contribution in [0, 0.1) is 5.82 Å². The summed E-state index contributed by atoms with van der Waals surface area (Å²) in [5.74, 6) is -0.317. The molecule has 1 N–H and O–H groups in total. The van der Waals surface area contributed by atoms with Crippen LogP contribution in [0.4, 0.5) is 4.39 Å². The van der Waals surface area contributed by atoms with E-state index in [1.807, 2.05) is 6.20 Å². The summed E-state index contributed by atoms with van der Waals surface area (Å²) >= 11 is 0. The summed E-state index contributed by atoms with van der Waals surface area (Å²) in [5.41, 5.74) is 2.31. The molecule has 27 heavy (non-hydrogen) atoms. The molecule has 0 unspecified atom stereocenters. The molecule has 3 aromatic rings. The van der Waals surface area contributed by atoms with Gasteiger partial charge in [0, 0.05) is 55.8 Å². The van der Waals surface area contributed by atoms with Crippen molar-refractivity contribution in [2.24, 2.45) is 0 Å². The molecule has 140 valence electrons. The van der Waals surface area contributed by atoms with Gasteiger partial charge in [-0.2, -0.15) is 0 Å². The van der Waals surface area contributed by atoms with Gasteiger partial charge in [-0.15, -0.1) is 0 Å². The monoisotopic (exact) mass is 367 g/mol. The predicted molar refractivity (Wildman–Crippen MR) is 100 cm³/mol. The van der Waals surface area contributed by atoms with Crippen LogP contribution in [0.25, 0.3) is 10.9 Å². The van der Waals surface area contributed by atoms with E-state index in [4.69, 9.17) is 9.47 Å². The van der Waals surface area contributed by atoms with Crippen molar-refractivity contribution in [1.82, 2.24) is 14.9 Å². The Bertz CT molecular complexity index is 951. The Hall–Kier alpha value is -2.44. The highest BCUT2D eigenvalue weighted by molar-refractivity contribution is 5.82. The van der Waals surface area contributed by atoms with Gasteiger partial charge in [0.15, 0.2) is 5.82 Å². The van der Waals surface area contributed by atoms with Gasteiger partial charge >= 0.3 is 0 Å². The Kier molecular flexibility index (Phi) is 4.10. The number of pyridine rings is 1. The highest BCUT2D eigenvalue weighted by atomic mass is 19.1. The molecule has 1 atom stereocenters. The van der Waals surface area contributed by atoms with E-state index in [1.54, 1.807) is 12.3 Å². The molecule has 2 saturated heterocycles. The lowest BCUT2D eigenvalue weighted by Crippen LogP contribution is -2.65. The van der Waals surface area contributed by atoms with E-state index >= 15 is 0 Å². The van der Waals surface area contributed by atoms with Crippen LogP contribution < -0.4 is 4.74 Å². The van der Waals surface area contributed by atoms with Crippen LogP contribution in [0.3, 0.4) is 0 Å². The van der Waals surface area contributed by atoms with Crippen LogP contribution in [-0.4, -0.2) is 46.3 Å². The van der Waals surface area contributed by atoms with Crippen molar-refractivity contribution in [2.75, 3.05) is 19.7 Å². The summed E-state index contributed by atoms with van der Waals surface area (Å²) in [5, 5.41) is 1.27. The van der Waals surface area contributed by atoms with E-state index in [-0.39, 0.29) is 17.6 Å². The average Bonchev–Trinajstić information content (AvgIpc) is 3.13. The maximum absolute atomic E-state index is 13.8. The summed E-state index contributed by atoms with van der Waals surface area (Å²) in [6, 6.07) is 11.4. The first-order valence-corrected chi connectivity index (χ1v) is 9.39. The zero-order valence-electron chi connectivity index (χ0n) is 15.0. The zero-order valence-corrected chi connectivity index (χ0v) is 15.0. The highest BCUT2D eigenvalue weighted by Gasteiger charge is 2.48. The molecule has 2 aliphatic heterocycles. The molecular weight excluding hydrogens is 345 g/mol. The van der Waals surface area contributed by atoms with Gasteiger partial charge in [0.25, 0.3) is 5.88 Å². The Morgan fingerprint density at radius 2 is 2.19 bits per heavy atom. The third kappa shape index (κ3) is 3.19. The fourth-order valence-corrected chi connectivity index (χ4v) is 4.33. The molecule has 0 amide bonds. The molecular formula is C21H22FN3O2. The Balaban J connectivity index is 1.22. The van der Waals surface area contributed by atoms with E-state index in [0.717, 1.165) is 32.5 Å². The quantitative estimate of drug-likeness (QED) is 0.767. The van der Waals surface area contributed by atoms with Crippen molar-refractivity contribution in [1.29, 1.82) is 0 Å². The van der Waals surface area contributed by atoms with Gasteiger partial charge in [-0.25, -0.2) is 9.37 Å². The standard InChI is InChI=1S/C21H22FN3O2/c22-18-4-2-8-24-20(18)27-16-7-10-26-21(11-16)13-25(14-21)12-15-3-1-5-19-17(15)6-9-23-19/h1-6,8-9,16,23H,7,10-14H2/t16-/m1/s1. The number of halogens is 1. The van der Waals surface area contributed by atoms with Gasteiger partial charge in [0.05, 0.1) is 12.2 Å². The van der Waals surface area contributed by atoms with Crippen molar-refractivity contribution >= 4 is 10.9 Å². The minimum atomic E-state index is -0.409. The number of ether oxygens (including phenoxy) is 2. The lowest BCUT2D eigenvalue weighted by Gasteiger charge is -2.53. The van der Waals surface area contributed by atoms with E-state index in [1.165, 1.54) is 22.5 Å². The number of hydrogen-bond acceptors (Lipinski definition) is 4. The van der Waals surface area contributed by atoms with Gasteiger partial charge < -0.3 is 14.5 Å². The number of aromatic nitrogens is 2. The molecule has 0 saturated carbocycles. The van der Waals surface area contributed by atoms with Crippen LogP contribution in [0.15, 0.2) is 48.8 Å². The van der Waals surface area contributed by atoms with Crippen molar-refractivity contribution < 1.29 is 13.9 Å². The van der Waals surface area contributed by atoms with Gasteiger partial charge in [0.1, 0.15) is 6.10 Å². The first kappa shape index (κ1) is 16.7. The number of likely N-dealkylation sites (tertiary alicyclic amines) is 1. The highest BCUT2D eigenvalue weighted by Crippen LogP contribution is 2.37. The summed E-state index contributed by atoms with van der Waals surface area (Å²) in [6.45, 7) is 3.29. The molecule has 4 heterocycles. The fraction of sp³-hybridized carbons (Fsp3) is 0.381. The van der Waals surface area contributed by atoms with Gasteiger partial charge in [-0.05, 0) is 29.8 Å². The number of nitrogens with zero attached hydrogens (tertiary/aromatic N) is 2. The zero-order chi connectivity index (χ0) is 18.3. The summed E-state index contributed by atoms with van der Waals surface area (Å²) < 4.78 is 25.7. The second kappa shape index (κ2) is 6.62. The maximum Gasteiger partial charge on any atom is 0.250 e. The summed E-state index contributed by atoms with van der Waals surface area (Å²) in [4.78, 5) is 9.66. The second-order valence-corrected chi connectivity index (χ2v) is 7.56. The predicted octanol–water partition coefficient (Wildman–Crippen LogP) is 3.51. The topological polar surface area (TPSA) is 50.4 Å². The first-order chi connectivity index (χ1) is 13.2. The van der Waals surface area contributed by atoms with Crippen molar-refractivity contribution in [3.8, 4) is 5.88 Å². The van der Waals surface area contributed by atoms with Crippen molar-refractivity contribution in [2.45, 2.75) is 31.1 Å². The molecule has 0 radical (unpaired) electrons. The Labute approximate surface area is 157 Å². The number of rotatable bonds is 4. The third-order valence-electron chi connectivity index (χ3n) is 5.55. The van der Waals surface area contributed by atoms with Crippen molar-refractivity contribution in [3.05, 3.63) is 60.2 Å². The fourth-order valence-electron chi connectivity index (χ4n) is 4.33.